The summed E-state index contributed by atoms with van der Waals surface area (Å²) in [5.74, 6) is 0.638. The number of halogens is 1. The van der Waals surface area contributed by atoms with Gasteiger partial charge in [0.05, 0.1) is 0 Å². The van der Waals surface area contributed by atoms with Crippen LogP contribution in [0.4, 0.5) is 0 Å². The molecule has 1 fully saturated rings. The van der Waals surface area contributed by atoms with Crippen molar-refractivity contribution in [3.8, 4) is 0 Å². The van der Waals surface area contributed by atoms with Crippen LogP contribution in [0.3, 0.4) is 0 Å². The summed E-state index contributed by atoms with van der Waals surface area (Å²) < 4.78 is 0. The van der Waals surface area contributed by atoms with Crippen molar-refractivity contribution in [2.45, 2.75) is 25.2 Å². The molecule has 1 atom stereocenters. The highest BCUT2D eigenvalue weighted by Crippen LogP contribution is 2.21. The van der Waals surface area contributed by atoms with Crippen LogP contribution in [0.15, 0.2) is 30.3 Å². The van der Waals surface area contributed by atoms with Gasteiger partial charge in [-0.3, -0.25) is 0 Å². The van der Waals surface area contributed by atoms with E-state index in [0.29, 0.717) is 5.92 Å². The predicted molar refractivity (Wildman–Crippen MR) is 73.3 cm³/mol. The number of nitrogens with zero attached hydrogens (tertiary/aromatic N) is 1. The molecule has 0 aliphatic carbocycles. The van der Waals surface area contributed by atoms with Crippen LogP contribution < -0.4 is 0 Å². The molecule has 0 aromatic heterocycles. The summed E-state index contributed by atoms with van der Waals surface area (Å²) in [5.41, 5.74) is 1.46. The fourth-order valence-corrected chi connectivity index (χ4v) is 3.00. The third-order valence-electron chi connectivity index (χ3n) is 3.38. The van der Waals surface area contributed by atoms with Gasteiger partial charge in [0.15, 0.2) is 0 Å². The van der Waals surface area contributed by atoms with Gasteiger partial charge in [-0.2, -0.15) is 0 Å². The maximum atomic E-state index is 3.65. The van der Waals surface area contributed by atoms with Gasteiger partial charge in [0.25, 0.3) is 0 Å². The van der Waals surface area contributed by atoms with Crippen molar-refractivity contribution in [2.24, 2.45) is 0 Å². The van der Waals surface area contributed by atoms with Crippen LogP contribution in [0.1, 0.15) is 30.7 Å². The van der Waals surface area contributed by atoms with Crippen molar-refractivity contribution in [2.75, 3.05) is 25.0 Å². The monoisotopic (exact) mass is 281 g/mol. The SMILES string of the molecule is BrCC(CN1CCCCC1)c1ccccc1. The molecule has 1 aliphatic rings. The molecule has 0 N–H and O–H groups in total. The lowest BCUT2D eigenvalue weighted by Gasteiger charge is -2.30. The Morgan fingerprint density at radius 1 is 1.06 bits per heavy atom. The Morgan fingerprint density at radius 3 is 2.38 bits per heavy atom. The quantitative estimate of drug-likeness (QED) is 0.762. The summed E-state index contributed by atoms with van der Waals surface area (Å²) in [7, 11) is 0. The van der Waals surface area contributed by atoms with E-state index in [0.717, 1.165) is 5.33 Å². The van der Waals surface area contributed by atoms with Crippen LogP contribution in [-0.2, 0) is 0 Å². The van der Waals surface area contributed by atoms with Gasteiger partial charge < -0.3 is 4.90 Å². The third kappa shape index (κ3) is 3.33. The minimum atomic E-state index is 0.638. The maximum absolute atomic E-state index is 3.65. The van der Waals surface area contributed by atoms with Crippen molar-refractivity contribution < 1.29 is 0 Å². The number of piperidine rings is 1. The summed E-state index contributed by atoms with van der Waals surface area (Å²) in [6.45, 7) is 3.78. The zero-order valence-corrected chi connectivity index (χ0v) is 11.3. The highest BCUT2D eigenvalue weighted by atomic mass is 79.9. The molecule has 0 saturated carbocycles. The van der Waals surface area contributed by atoms with Crippen molar-refractivity contribution in [3.05, 3.63) is 35.9 Å². The van der Waals surface area contributed by atoms with E-state index in [-0.39, 0.29) is 0 Å². The van der Waals surface area contributed by atoms with E-state index in [1.807, 2.05) is 0 Å². The Balaban J connectivity index is 1.94. The molecule has 0 amide bonds. The van der Waals surface area contributed by atoms with Gasteiger partial charge in [-0.05, 0) is 31.5 Å². The lowest BCUT2D eigenvalue weighted by Crippen LogP contribution is -2.33. The van der Waals surface area contributed by atoms with Gasteiger partial charge in [-0.15, -0.1) is 0 Å². The lowest BCUT2D eigenvalue weighted by molar-refractivity contribution is 0.220. The predicted octanol–water partition coefficient (Wildman–Crippen LogP) is 3.65. The summed E-state index contributed by atoms with van der Waals surface area (Å²) in [6, 6.07) is 10.9. The molecule has 0 spiro atoms. The molecule has 1 aromatic carbocycles. The molecular weight excluding hydrogens is 262 g/mol. The van der Waals surface area contributed by atoms with Crippen LogP contribution >= 0.6 is 15.9 Å². The zero-order chi connectivity index (χ0) is 11.2. The van der Waals surface area contributed by atoms with Crippen molar-refractivity contribution in [3.63, 3.8) is 0 Å². The molecule has 88 valence electrons. The molecule has 0 radical (unpaired) electrons. The van der Waals surface area contributed by atoms with Crippen molar-refractivity contribution >= 4 is 15.9 Å². The molecule has 2 rings (SSSR count). The van der Waals surface area contributed by atoms with E-state index >= 15 is 0 Å². The Hall–Kier alpha value is -0.340. The molecule has 1 saturated heterocycles. The van der Waals surface area contributed by atoms with E-state index in [9.17, 15) is 0 Å². The second kappa shape index (κ2) is 6.41. The number of hydrogen-bond donors (Lipinski definition) is 0. The molecule has 16 heavy (non-hydrogen) atoms. The topological polar surface area (TPSA) is 3.24 Å². The number of hydrogen-bond acceptors (Lipinski definition) is 1. The zero-order valence-electron chi connectivity index (χ0n) is 9.74. The lowest BCUT2D eigenvalue weighted by atomic mass is 9.99. The van der Waals surface area contributed by atoms with Crippen molar-refractivity contribution in [1.29, 1.82) is 0 Å². The molecule has 0 bridgehead atoms. The first-order valence-corrected chi connectivity index (χ1v) is 7.35. The Kier molecular flexibility index (Phi) is 4.86. The minimum absolute atomic E-state index is 0.638. The normalized spacial score (nSPS) is 19.6. The van der Waals surface area contributed by atoms with Crippen LogP contribution in [0.25, 0.3) is 0 Å². The largest absolute Gasteiger partial charge is 0.303 e. The number of alkyl halides is 1. The van der Waals surface area contributed by atoms with E-state index in [1.165, 1.54) is 44.5 Å². The van der Waals surface area contributed by atoms with Gasteiger partial charge in [0.1, 0.15) is 0 Å². The first-order valence-electron chi connectivity index (χ1n) is 6.23. The summed E-state index contributed by atoms with van der Waals surface area (Å²) in [6.07, 6.45) is 4.18. The van der Waals surface area contributed by atoms with Crippen LogP contribution in [0.5, 0.6) is 0 Å². The summed E-state index contributed by atoms with van der Waals surface area (Å²) >= 11 is 3.65. The highest BCUT2D eigenvalue weighted by molar-refractivity contribution is 9.09. The van der Waals surface area contributed by atoms with E-state index in [1.54, 1.807) is 0 Å². The first kappa shape index (κ1) is 12.1. The second-order valence-electron chi connectivity index (χ2n) is 4.62. The van der Waals surface area contributed by atoms with Crippen LogP contribution in [0.2, 0.25) is 0 Å². The van der Waals surface area contributed by atoms with Gasteiger partial charge in [0, 0.05) is 17.8 Å². The van der Waals surface area contributed by atoms with E-state index < -0.39 is 0 Å². The molecular formula is C14H20BrN. The van der Waals surface area contributed by atoms with Crippen LogP contribution in [-0.4, -0.2) is 29.9 Å². The first-order chi connectivity index (χ1) is 7.90. The standard InChI is InChI=1S/C14H20BrN/c15-11-14(13-7-3-1-4-8-13)12-16-9-5-2-6-10-16/h1,3-4,7-8,14H,2,5-6,9-12H2. The van der Waals surface area contributed by atoms with Crippen LogP contribution in [0, 0.1) is 0 Å². The highest BCUT2D eigenvalue weighted by Gasteiger charge is 2.16. The molecule has 1 aromatic rings. The summed E-state index contributed by atoms with van der Waals surface area (Å²) in [5, 5.41) is 1.06. The Bertz CT molecular complexity index is 293. The fraction of sp³-hybridized carbons (Fsp3) is 0.571. The molecule has 2 heteroatoms. The number of benzene rings is 1. The minimum Gasteiger partial charge on any atom is -0.303 e. The Labute approximate surface area is 107 Å². The molecule has 1 unspecified atom stereocenters. The number of rotatable bonds is 4. The third-order valence-corrected chi connectivity index (χ3v) is 4.17. The average molecular weight is 282 g/mol. The Morgan fingerprint density at radius 2 is 1.75 bits per heavy atom. The molecule has 1 nitrogen and oxygen atoms in total. The fourth-order valence-electron chi connectivity index (χ4n) is 2.42. The van der Waals surface area contributed by atoms with Gasteiger partial charge in [0.2, 0.25) is 0 Å². The van der Waals surface area contributed by atoms with E-state index in [4.69, 9.17) is 0 Å². The smallest absolute Gasteiger partial charge is 0.0112 e. The molecule has 1 aliphatic heterocycles. The molecule has 1 heterocycles. The maximum Gasteiger partial charge on any atom is 0.0112 e. The van der Waals surface area contributed by atoms with Crippen molar-refractivity contribution in [1.82, 2.24) is 4.90 Å². The summed E-state index contributed by atoms with van der Waals surface area (Å²) in [4.78, 5) is 2.61. The average Bonchev–Trinajstić information content (AvgIpc) is 2.38. The van der Waals surface area contributed by atoms with Gasteiger partial charge >= 0.3 is 0 Å². The second-order valence-corrected chi connectivity index (χ2v) is 5.27. The van der Waals surface area contributed by atoms with Gasteiger partial charge in [-0.1, -0.05) is 52.7 Å². The van der Waals surface area contributed by atoms with Gasteiger partial charge in [-0.25, -0.2) is 0 Å². The van der Waals surface area contributed by atoms with E-state index in [2.05, 4.69) is 51.2 Å². The number of likely N-dealkylation sites (tertiary alicyclic amines) is 1.